The van der Waals surface area contributed by atoms with E-state index < -0.39 is 0 Å². The van der Waals surface area contributed by atoms with E-state index in [4.69, 9.17) is 16.1 Å². The van der Waals surface area contributed by atoms with Gasteiger partial charge in [-0.1, -0.05) is 16.8 Å². The summed E-state index contributed by atoms with van der Waals surface area (Å²) in [5.74, 6) is 2.24. The molecule has 1 aromatic heterocycles. The van der Waals surface area contributed by atoms with E-state index in [-0.39, 0.29) is 5.75 Å². The number of phenolic OH excluding ortho intramolecular Hbond substituents is 1. The number of rotatable bonds is 2. The normalized spacial score (nSPS) is 19.3. The molecule has 0 aliphatic carbocycles. The van der Waals surface area contributed by atoms with Gasteiger partial charge in [-0.05, 0) is 36.8 Å². The molecule has 94 valence electrons. The van der Waals surface area contributed by atoms with Gasteiger partial charge in [0.2, 0.25) is 0 Å². The van der Waals surface area contributed by atoms with Crippen LogP contribution in [0.25, 0.3) is 11.5 Å². The predicted molar refractivity (Wildman–Crippen MR) is 70.8 cm³/mol. The third kappa shape index (κ3) is 2.20. The van der Waals surface area contributed by atoms with Crippen molar-refractivity contribution in [3.05, 3.63) is 29.0 Å². The summed E-state index contributed by atoms with van der Waals surface area (Å²) in [6.45, 7) is 0. The molecule has 0 bridgehead atoms. The molecule has 1 N–H and O–H groups in total. The third-order valence-electron chi connectivity index (χ3n) is 2.85. The van der Waals surface area contributed by atoms with Gasteiger partial charge in [-0.2, -0.15) is 16.7 Å². The van der Waals surface area contributed by atoms with E-state index in [9.17, 15) is 5.11 Å². The standard InChI is InChI=1S/C12H11ClN2O2S/c13-7-3-4-8(9(16)6-7)12-14-11(15-17-12)10-2-1-5-18-10/h3-4,6,10,16H,1-2,5H2. The first kappa shape index (κ1) is 11.9. The molecule has 4 nitrogen and oxygen atoms in total. The minimum absolute atomic E-state index is 0.0526. The lowest BCUT2D eigenvalue weighted by molar-refractivity contribution is 0.416. The smallest absolute Gasteiger partial charge is 0.261 e. The van der Waals surface area contributed by atoms with Crippen LogP contribution < -0.4 is 0 Å². The summed E-state index contributed by atoms with van der Waals surface area (Å²) in [7, 11) is 0. The van der Waals surface area contributed by atoms with Gasteiger partial charge in [0.15, 0.2) is 5.82 Å². The van der Waals surface area contributed by atoms with Crippen LogP contribution in [0.15, 0.2) is 22.7 Å². The van der Waals surface area contributed by atoms with E-state index in [0.717, 1.165) is 12.2 Å². The molecule has 1 fully saturated rings. The molecule has 0 radical (unpaired) electrons. The molecule has 0 amide bonds. The maximum absolute atomic E-state index is 9.80. The lowest BCUT2D eigenvalue weighted by Gasteiger charge is -2.00. The molecular formula is C12H11ClN2O2S. The SMILES string of the molecule is Oc1cc(Cl)ccc1-c1nc(C2CCCS2)no1. The predicted octanol–water partition coefficient (Wildman–Crippen LogP) is 3.66. The highest BCUT2D eigenvalue weighted by molar-refractivity contribution is 7.99. The second-order valence-corrected chi connectivity index (χ2v) is 5.87. The number of phenols is 1. The molecule has 2 aromatic rings. The Morgan fingerprint density at radius 2 is 2.33 bits per heavy atom. The van der Waals surface area contributed by atoms with Crippen molar-refractivity contribution in [3.8, 4) is 17.2 Å². The topological polar surface area (TPSA) is 59.2 Å². The van der Waals surface area contributed by atoms with Crippen LogP contribution in [0, 0.1) is 0 Å². The zero-order valence-corrected chi connectivity index (χ0v) is 11.0. The highest BCUT2D eigenvalue weighted by atomic mass is 35.5. The molecule has 0 saturated carbocycles. The summed E-state index contributed by atoms with van der Waals surface area (Å²) in [6, 6.07) is 4.83. The van der Waals surface area contributed by atoms with Gasteiger partial charge in [-0.3, -0.25) is 0 Å². The van der Waals surface area contributed by atoms with Gasteiger partial charge < -0.3 is 9.63 Å². The van der Waals surface area contributed by atoms with Crippen molar-refractivity contribution in [1.82, 2.24) is 10.1 Å². The van der Waals surface area contributed by atoms with E-state index in [1.807, 2.05) is 11.8 Å². The first-order valence-corrected chi connectivity index (χ1v) is 7.11. The van der Waals surface area contributed by atoms with Gasteiger partial charge >= 0.3 is 0 Å². The Bertz CT molecular complexity index is 567. The molecule has 0 spiro atoms. The fourth-order valence-corrected chi connectivity index (χ4v) is 3.30. The van der Waals surface area contributed by atoms with Crippen molar-refractivity contribution in [2.24, 2.45) is 0 Å². The lowest BCUT2D eigenvalue weighted by Crippen LogP contribution is -1.91. The molecule has 3 rings (SSSR count). The van der Waals surface area contributed by atoms with Crippen molar-refractivity contribution in [2.75, 3.05) is 5.75 Å². The molecule has 1 saturated heterocycles. The van der Waals surface area contributed by atoms with Crippen LogP contribution in [0.4, 0.5) is 0 Å². The number of aromatic nitrogens is 2. The highest BCUT2D eigenvalue weighted by Gasteiger charge is 2.24. The maximum Gasteiger partial charge on any atom is 0.261 e. The van der Waals surface area contributed by atoms with Gasteiger partial charge in [0, 0.05) is 5.02 Å². The molecule has 1 unspecified atom stereocenters. The Morgan fingerprint density at radius 1 is 1.44 bits per heavy atom. The largest absolute Gasteiger partial charge is 0.507 e. The molecule has 1 aliphatic heterocycles. The summed E-state index contributed by atoms with van der Waals surface area (Å²) in [4.78, 5) is 4.35. The summed E-state index contributed by atoms with van der Waals surface area (Å²) >= 11 is 7.63. The van der Waals surface area contributed by atoms with E-state index in [1.165, 1.54) is 12.5 Å². The van der Waals surface area contributed by atoms with Crippen LogP contribution >= 0.6 is 23.4 Å². The molecular weight excluding hydrogens is 272 g/mol. The Kier molecular flexibility index (Phi) is 3.18. The monoisotopic (exact) mass is 282 g/mol. The fraction of sp³-hybridized carbons (Fsp3) is 0.333. The number of halogens is 1. The summed E-state index contributed by atoms with van der Waals surface area (Å²) in [5.41, 5.74) is 0.515. The Balaban J connectivity index is 1.92. The van der Waals surface area contributed by atoms with Gasteiger partial charge in [-0.15, -0.1) is 0 Å². The van der Waals surface area contributed by atoms with Crippen LogP contribution in [-0.4, -0.2) is 21.0 Å². The van der Waals surface area contributed by atoms with E-state index >= 15 is 0 Å². The van der Waals surface area contributed by atoms with Gasteiger partial charge in [0.25, 0.3) is 5.89 Å². The van der Waals surface area contributed by atoms with Gasteiger partial charge in [-0.25, -0.2) is 0 Å². The lowest BCUT2D eigenvalue weighted by atomic mass is 10.2. The molecule has 6 heteroatoms. The summed E-state index contributed by atoms with van der Waals surface area (Å²) in [6.07, 6.45) is 2.27. The Labute approximate surface area is 113 Å². The van der Waals surface area contributed by atoms with Crippen LogP contribution in [-0.2, 0) is 0 Å². The van der Waals surface area contributed by atoms with Gasteiger partial charge in [0.1, 0.15) is 5.75 Å². The van der Waals surface area contributed by atoms with Gasteiger partial charge in [0.05, 0.1) is 10.8 Å². The zero-order valence-electron chi connectivity index (χ0n) is 9.47. The second-order valence-electron chi connectivity index (χ2n) is 4.12. The van der Waals surface area contributed by atoms with E-state index in [2.05, 4.69) is 10.1 Å². The quantitative estimate of drug-likeness (QED) is 0.911. The first-order valence-electron chi connectivity index (χ1n) is 5.68. The highest BCUT2D eigenvalue weighted by Crippen LogP contribution is 2.39. The number of hydrogen-bond acceptors (Lipinski definition) is 5. The minimum Gasteiger partial charge on any atom is -0.507 e. The van der Waals surface area contributed by atoms with Crippen LogP contribution in [0.5, 0.6) is 5.75 Å². The average molecular weight is 283 g/mol. The fourth-order valence-electron chi connectivity index (χ4n) is 1.94. The van der Waals surface area contributed by atoms with E-state index in [0.29, 0.717) is 27.6 Å². The van der Waals surface area contributed by atoms with Crippen molar-refractivity contribution in [1.29, 1.82) is 0 Å². The Morgan fingerprint density at radius 3 is 3.06 bits per heavy atom. The molecule has 1 aromatic carbocycles. The summed E-state index contributed by atoms with van der Waals surface area (Å²) < 4.78 is 5.21. The zero-order chi connectivity index (χ0) is 12.5. The number of hydrogen-bond donors (Lipinski definition) is 1. The molecule has 18 heavy (non-hydrogen) atoms. The number of benzene rings is 1. The van der Waals surface area contributed by atoms with Crippen molar-refractivity contribution >= 4 is 23.4 Å². The maximum atomic E-state index is 9.80. The van der Waals surface area contributed by atoms with Crippen molar-refractivity contribution in [3.63, 3.8) is 0 Å². The Hall–Kier alpha value is -1.20. The number of nitrogens with zero attached hydrogens (tertiary/aromatic N) is 2. The second kappa shape index (κ2) is 4.82. The third-order valence-corrected chi connectivity index (χ3v) is 4.46. The molecule has 2 heterocycles. The van der Waals surface area contributed by atoms with Crippen molar-refractivity contribution < 1.29 is 9.63 Å². The first-order chi connectivity index (χ1) is 8.74. The molecule has 1 atom stereocenters. The summed E-state index contributed by atoms with van der Waals surface area (Å²) in [5, 5.41) is 14.6. The molecule has 1 aliphatic rings. The van der Waals surface area contributed by atoms with Crippen LogP contribution in [0.3, 0.4) is 0 Å². The van der Waals surface area contributed by atoms with E-state index in [1.54, 1.807) is 12.1 Å². The van der Waals surface area contributed by atoms with Crippen LogP contribution in [0.1, 0.15) is 23.9 Å². The van der Waals surface area contributed by atoms with Crippen molar-refractivity contribution in [2.45, 2.75) is 18.1 Å². The average Bonchev–Trinajstić information content (AvgIpc) is 2.99. The minimum atomic E-state index is 0.0526. The number of aromatic hydroxyl groups is 1. The number of thioether (sulfide) groups is 1. The van der Waals surface area contributed by atoms with Crippen LogP contribution in [0.2, 0.25) is 5.02 Å².